The first-order valence-electron chi connectivity index (χ1n) is 13.9. The first-order valence-corrected chi connectivity index (χ1v) is 13.9. The monoisotopic (exact) mass is 527 g/mol. The van der Waals surface area contributed by atoms with Crippen LogP contribution in [0.25, 0.3) is 5.78 Å². The van der Waals surface area contributed by atoms with E-state index in [-0.39, 0.29) is 23.9 Å². The summed E-state index contributed by atoms with van der Waals surface area (Å²) in [5.41, 5.74) is 1.47. The molecule has 0 radical (unpaired) electrons. The number of carbonyl (C=O) groups excluding carboxylic acids is 3. The Bertz CT molecular complexity index is 1110. The Balaban J connectivity index is 1.61. The second-order valence-electron chi connectivity index (χ2n) is 10.4. The highest BCUT2D eigenvalue weighted by Crippen LogP contribution is 2.26. The van der Waals surface area contributed by atoms with Crippen LogP contribution in [0.3, 0.4) is 0 Å². The topological polar surface area (TPSA) is 137 Å². The normalized spacial score (nSPS) is 19.7. The van der Waals surface area contributed by atoms with E-state index in [9.17, 15) is 14.4 Å². The smallest absolute Gasteiger partial charge is 0.317 e. The number of piperazine rings is 1. The molecule has 0 spiro atoms. The van der Waals surface area contributed by atoms with Crippen molar-refractivity contribution < 1.29 is 14.4 Å². The minimum atomic E-state index is -0.216. The quantitative estimate of drug-likeness (QED) is 0.378. The molecule has 2 aliphatic heterocycles. The van der Waals surface area contributed by atoms with Crippen molar-refractivity contribution in [2.45, 2.75) is 64.8 Å². The number of urea groups is 1. The van der Waals surface area contributed by atoms with Crippen molar-refractivity contribution in [3.8, 4) is 0 Å². The summed E-state index contributed by atoms with van der Waals surface area (Å²) in [6, 6.07) is -0.308. The number of fused-ring (bicyclic) bond motifs is 1. The van der Waals surface area contributed by atoms with Gasteiger partial charge in [0.25, 0.3) is 5.78 Å². The lowest BCUT2D eigenvalue weighted by Crippen LogP contribution is -2.51. The van der Waals surface area contributed by atoms with Crippen LogP contribution in [0.2, 0.25) is 0 Å². The number of amides is 4. The first kappa shape index (κ1) is 27.6. The van der Waals surface area contributed by atoms with Crippen LogP contribution in [-0.4, -0.2) is 82.6 Å². The van der Waals surface area contributed by atoms with Crippen LogP contribution >= 0.6 is 0 Å². The second kappa shape index (κ2) is 12.9. The number of hydrogen-bond acceptors (Lipinski definition) is 7. The fourth-order valence-corrected chi connectivity index (χ4v) is 5.23. The summed E-state index contributed by atoms with van der Waals surface area (Å²) in [5.74, 6) is 1.70. The van der Waals surface area contributed by atoms with Crippen LogP contribution < -0.4 is 20.9 Å². The maximum Gasteiger partial charge on any atom is 0.317 e. The summed E-state index contributed by atoms with van der Waals surface area (Å²) in [5, 5.41) is 13.5. The Morgan fingerprint density at radius 3 is 2.71 bits per heavy atom. The van der Waals surface area contributed by atoms with Crippen LogP contribution in [0.4, 0.5) is 10.6 Å². The molecule has 0 aromatic carbocycles. The standard InChI is InChI=1S/C26H41N9O3/c1-4-18(2)7-5-9-20(29-17-36)22-16-35-25(30-22)31-23(33-11-13-34(14-12-33)26(38)27-3)21(32-35)15-19-8-6-10-28-24(19)37/h16-20H,4-15H2,1-3H3,(H,27,38)(H,28,37)(H,29,36)/t18?,19-,20?/m1/s1. The summed E-state index contributed by atoms with van der Waals surface area (Å²) in [7, 11) is 1.63. The molecule has 0 saturated carbocycles. The molecule has 12 heteroatoms. The molecule has 12 nitrogen and oxygen atoms in total. The van der Waals surface area contributed by atoms with E-state index in [0.29, 0.717) is 56.7 Å². The van der Waals surface area contributed by atoms with Gasteiger partial charge in [0.2, 0.25) is 12.3 Å². The first-order chi connectivity index (χ1) is 18.4. The summed E-state index contributed by atoms with van der Waals surface area (Å²) in [4.78, 5) is 49.6. The fraction of sp³-hybridized carbons (Fsp3) is 0.692. The molecule has 3 atom stereocenters. The van der Waals surface area contributed by atoms with Crippen molar-refractivity contribution in [2.75, 3.05) is 44.7 Å². The minimum absolute atomic E-state index is 0.0522. The molecule has 2 aliphatic rings. The van der Waals surface area contributed by atoms with Gasteiger partial charge in [-0.3, -0.25) is 9.59 Å². The third kappa shape index (κ3) is 6.51. The molecule has 2 saturated heterocycles. The molecule has 4 heterocycles. The lowest BCUT2D eigenvalue weighted by Gasteiger charge is -2.35. The lowest BCUT2D eigenvalue weighted by atomic mass is 9.93. The zero-order valence-corrected chi connectivity index (χ0v) is 22.8. The SMILES string of the molecule is CCC(C)CCCC(NC=O)c1cn2nc(C[C@H]3CCCNC3=O)c(N3CCN(C(=O)NC)CC3)nc2n1. The van der Waals surface area contributed by atoms with Gasteiger partial charge in [-0.15, -0.1) is 0 Å². The Labute approximate surface area is 223 Å². The van der Waals surface area contributed by atoms with Gasteiger partial charge < -0.3 is 25.8 Å². The number of piperidine rings is 1. The summed E-state index contributed by atoms with van der Waals surface area (Å²) in [6.45, 7) is 7.50. The van der Waals surface area contributed by atoms with E-state index in [4.69, 9.17) is 15.1 Å². The molecule has 2 aromatic heterocycles. The minimum Gasteiger partial charge on any atom is -0.356 e. The van der Waals surface area contributed by atoms with Crippen molar-refractivity contribution in [3.05, 3.63) is 17.6 Å². The van der Waals surface area contributed by atoms with Gasteiger partial charge in [-0.25, -0.2) is 14.3 Å². The molecule has 2 aromatic rings. The van der Waals surface area contributed by atoms with Crippen molar-refractivity contribution in [1.82, 2.24) is 40.4 Å². The van der Waals surface area contributed by atoms with E-state index < -0.39 is 0 Å². The van der Waals surface area contributed by atoms with Crippen molar-refractivity contribution >= 4 is 29.9 Å². The third-order valence-electron chi connectivity index (χ3n) is 7.81. The highest BCUT2D eigenvalue weighted by molar-refractivity contribution is 5.79. The van der Waals surface area contributed by atoms with Gasteiger partial charge in [-0.1, -0.05) is 33.1 Å². The van der Waals surface area contributed by atoms with Crippen LogP contribution in [0.15, 0.2) is 6.20 Å². The molecular weight excluding hydrogens is 486 g/mol. The maximum absolute atomic E-state index is 12.6. The molecule has 0 bridgehead atoms. The summed E-state index contributed by atoms with van der Waals surface area (Å²) < 4.78 is 1.67. The summed E-state index contributed by atoms with van der Waals surface area (Å²) in [6.07, 6.45) is 8.80. The van der Waals surface area contributed by atoms with Gasteiger partial charge in [-0.2, -0.15) is 10.1 Å². The number of anilines is 1. The molecular formula is C26H41N9O3. The maximum atomic E-state index is 12.6. The summed E-state index contributed by atoms with van der Waals surface area (Å²) >= 11 is 0. The Morgan fingerprint density at radius 2 is 2.03 bits per heavy atom. The largest absolute Gasteiger partial charge is 0.356 e. The number of aromatic nitrogens is 4. The van der Waals surface area contributed by atoms with Gasteiger partial charge in [0, 0.05) is 52.1 Å². The lowest BCUT2D eigenvalue weighted by molar-refractivity contribution is -0.126. The van der Waals surface area contributed by atoms with Crippen LogP contribution in [0, 0.1) is 11.8 Å². The van der Waals surface area contributed by atoms with Gasteiger partial charge in [0.1, 0.15) is 5.69 Å². The van der Waals surface area contributed by atoms with Gasteiger partial charge in [0.05, 0.1) is 17.9 Å². The molecule has 4 amide bonds. The average molecular weight is 528 g/mol. The highest BCUT2D eigenvalue weighted by Gasteiger charge is 2.29. The van der Waals surface area contributed by atoms with Crippen molar-refractivity contribution in [3.63, 3.8) is 0 Å². The van der Waals surface area contributed by atoms with E-state index in [2.05, 4.69) is 34.7 Å². The van der Waals surface area contributed by atoms with Gasteiger partial charge in [-0.05, 0) is 25.2 Å². The van der Waals surface area contributed by atoms with Crippen molar-refractivity contribution in [1.29, 1.82) is 0 Å². The molecule has 208 valence electrons. The number of nitrogens with zero attached hydrogens (tertiary/aromatic N) is 6. The van der Waals surface area contributed by atoms with E-state index in [1.54, 1.807) is 16.5 Å². The fourth-order valence-electron chi connectivity index (χ4n) is 5.23. The Hall–Kier alpha value is -3.44. The molecule has 3 N–H and O–H groups in total. The van der Waals surface area contributed by atoms with Gasteiger partial charge >= 0.3 is 6.03 Å². The highest BCUT2D eigenvalue weighted by atomic mass is 16.2. The van der Waals surface area contributed by atoms with Gasteiger partial charge in [0.15, 0.2) is 5.82 Å². The molecule has 2 fully saturated rings. The molecule has 4 rings (SSSR count). The number of carbonyl (C=O) groups is 3. The van der Waals surface area contributed by atoms with E-state index in [1.165, 1.54) is 0 Å². The average Bonchev–Trinajstić information content (AvgIpc) is 3.35. The molecule has 0 aliphatic carbocycles. The van der Waals surface area contributed by atoms with E-state index >= 15 is 0 Å². The van der Waals surface area contributed by atoms with Crippen LogP contribution in [0.5, 0.6) is 0 Å². The zero-order valence-electron chi connectivity index (χ0n) is 22.8. The third-order valence-corrected chi connectivity index (χ3v) is 7.81. The Kier molecular flexibility index (Phi) is 9.35. The number of nitrogens with one attached hydrogen (secondary N) is 3. The second-order valence-corrected chi connectivity index (χ2v) is 10.4. The van der Waals surface area contributed by atoms with E-state index in [1.807, 2.05) is 6.20 Å². The zero-order chi connectivity index (χ0) is 27.1. The van der Waals surface area contributed by atoms with E-state index in [0.717, 1.165) is 56.3 Å². The predicted molar refractivity (Wildman–Crippen MR) is 144 cm³/mol. The number of hydrogen-bond donors (Lipinski definition) is 3. The molecule has 38 heavy (non-hydrogen) atoms. The number of imidazole rings is 1. The predicted octanol–water partition coefficient (Wildman–Crippen LogP) is 1.66. The number of rotatable bonds is 11. The Morgan fingerprint density at radius 1 is 1.24 bits per heavy atom. The molecule has 2 unspecified atom stereocenters. The van der Waals surface area contributed by atoms with Crippen LogP contribution in [-0.2, 0) is 16.0 Å². The van der Waals surface area contributed by atoms with Crippen LogP contribution in [0.1, 0.15) is 69.8 Å². The van der Waals surface area contributed by atoms with Crippen molar-refractivity contribution in [2.24, 2.45) is 11.8 Å².